The standard InChI is InChI=1S/C13H16ClN3.2ClH/c1-17-12(9-3-2-4-15-7-9)6-10-5-11(14)8-16-13(10)17;;/h5-6,8-9,15H,2-4,7H2,1H3;2*1H. The van der Waals surface area contributed by atoms with Crippen LogP contribution in [0, 0.1) is 0 Å². The first-order valence-corrected chi connectivity index (χ1v) is 6.45. The predicted octanol–water partition coefficient (Wildman–Crippen LogP) is 3.54. The second-order valence-corrected chi connectivity index (χ2v) is 5.17. The van der Waals surface area contributed by atoms with E-state index < -0.39 is 0 Å². The molecule has 0 aliphatic carbocycles. The molecule has 0 saturated carbocycles. The van der Waals surface area contributed by atoms with Gasteiger partial charge in [0.2, 0.25) is 0 Å². The van der Waals surface area contributed by atoms with Crippen LogP contribution in [0.3, 0.4) is 0 Å². The summed E-state index contributed by atoms with van der Waals surface area (Å²) in [5, 5.41) is 5.30. The van der Waals surface area contributed by atoms with E-state index in [-0.39, 0.29) is 24.8 Å². The van der Waals surface area contributed by atoms with Gasteiger partial charge in [0.05, 0.1) is 5.02 Å². The second kappa shape index (κ2) is 6.80. The monoisotopic (exact) mass is 321 g/mol. The number of pyridine rings is 1. The summed E-state index contributed by atoms with van der Waals surface area (Å²) in [6.45, 7) is 2.21. The Hall–Kier alpha value is -0.480. The van der Waals surface area contributed by atoms with Crippen LogP contribution in [0.4, 0.5) is 0 Å². The average molecular weight is 323 g/mol. The Morgan fingerprint density at radius 3 is 2.84 bits per heavy atom. The van der Waals surface area contributed by atoms with Crippen molar-refractivity contribution in [3.05, 3.63) is 29.0 Å². The van der Waals surface area contributed by atoms with E-state index in [2.05, 4.69) is 28.0 Å². The largest absolute Gasteiger partial charge is 0.332 e. The highest BCUT2D eigenvalue weighted by atomic mass is 35.5. The van der Waals surface area contributed by atoms with Crippen LogP contribution < -0.4 is 5.32 Å². The summed E-state index contributed by atoms with van der Waals surface area (Å²) in [7, 11) is 2.09. The van der Waals surface area contributed by atoms with E-state index in [1.807, 2.05) is 6.07 Å². The van der Waals surface area contributed by atoms with Crippen LogP contribution in [0.15, 0.2) is 18.3 Å². The van der Waals surface area contributed by atoms with Crippen LogP contribution in [0.1, 0.15) is 24.5 Å². The summed E-state index contributed by atoms with van der Waals surface area (Å²) in [5.41, 5.74) is 2.39. The molecular formula is C13H18Cl3N3. The number of hydrogen-bond donors (Lipinski definition) is 1. The number of halogens is 3. The molecule has 0 amide bonds. The lowest BCUT2D eigenvalue weighted by atomic mass is 9.96. The van der Waals surface area contributed by atoms with Crippen molar-refractivity contribution in [3.8, 4) is 0 Å². The fourth-order valence-electron chi connectivity index (χ4n) is 2.71. The molecule has 2 aromatic rings. The molecule has 0 radical (unpaired) electrons. The highest BCUT2D eigenvalue weighted by molar-refractivity contribution is 6.31. The van der Waals surface area contributed by atoms with Gasteiger partial charge < -0.3 is 9.88 Å². The van der Waals surface area contributed by atoms with Crippen LogP contribution in [-0.4, -0.2) is 22.6 Å². The van der Waals surface area contributed by atoms with E-state index in [4.69, 9.17) is 11.6 Å². The molecule has 19 heavy (non-hydrogen) atoms. The zero-order valence-electron chi connectivity index (χ0n) is 10.7. The van der Waals surface area contributed by atoms with E-state index in [9.17, 15) is 0 Å². The van der Waals surface area contributed by atoms with Gasteiger partial charge in [-0.3, -0.25) is 0 Å². The molecule has 1 atom stereocenters. The molecule has 1 aliphatic rings. The molecular weight excluding hydrogens is 305 g/mol. The van der Waals surface area contributed by atoms with Crippen molar-refractivity contribution in [2.24, 2.45) is 7.05 Å². The third-order valence-corrected chi connectivity index (χ3v) is 3.79. The van der Waals surface area contributed by atoms with Crippen LogP contribution in [0.25, 0.3) is 11.0 Å². The number of nitrogens with one attached hydrogen (secondary N) is 1. The van der Waals surface area contributed by atoms with Crippen molar-refractivity contribution < 1.29 is 0 Å². The Kier molecular flexibility index (Phi) is 5.93. The van der Waals surface area contributed by atoms with Gasteiger partial charge in [0.25, 0.3) is 0 Å². The Morgan fingerprint density at radius 2 is 2.16 bits per heavy atom. The van der Waals surface area contributed by atoms with Gasteiger partial charge in [0, 0.05) is 36.8 Å². The molecule has 0 spiro atoms. The van der Waals surface area contributed by atoms with Gasteiger partial charge in [0.1, 0.15) is 5.65 Å². The highest BCUT2D eigenvalue weighted by Crippen LogP contribution is 2.28. The van der Waals surface area contributed by atoms with Crippen molar-refractivity contribution in [1.29, 1.82) is 0 Å². The second-order valence-electron chi connectivity index (χ2n) is 4.74. The maximum absolute atomic E-state index is 5.98. The molecule has 0 aromatic carbocycles. The van der Waals surface area contributed by atoms with Crippen molar-refractivity contribution in [1.82, 2.24) is 14.9 Å². The normalized spacial score (nSPS) is 18.7. The summed E-state index contributed by atoms with van der Waals surface area (Å²) >= 11 is 5.98. The van der Waals surface area contributed by atoms with Crippen LogP contribution >= 0.6 is 36.4 Å². The van der Waals surface area contributed by atoms with Crippen LogP contribution in [0.5, 0.6) is 0 Å². The molecule has 1 unspecified atom stereocenters. The van der Waals surface area contributed by atoms with Gasteiger partial charge in [-0.15, -0.1) is 24.8 Å². The SMILES string of the molecule is Cl.Cl.Cn1c(C2CCCNC2)cc2cc(Cl)cnc21. The maximum atomic E-state index is 5.98. The van der Waals surface area contributed by atoms with Gasteiger partial charge in [0.15, 0.2) is 0 Å². The first-order chi connectivity index (χ1) is 8.25. The first-order valence-electron chi connectivity index (χ1n) is 6.07. The smallest absolute Gasteiger partial charge is 0.139 e. The lowest BCUT2D eigenvalue weighted by Gasteiger charge is -2.23. The number of hydrogen-bond acceptors (Lipinski definition) is 2. The van der Waals surface area contributed by atoms with E-state index in [0.717, 1.165) is 24.1 Å². The van der Waals surface area contributed by atoms with Crippen molar-refractivity contribution in [2.75, 3.05) is 13.1 Å². The fraction of sp³-hybridized carbons (Fsp3) is 0.462. The van der Waals surface area contributed by atoms with Crippen LogP contribution in [-0.2, 0) is 7.05 Å². The molecule has 0 bridgehead atoms. The number of piperidine rings is 1. The molecule has 106 valence electrons. The Bertz CT molecular complexity index is 547. The van der Waals surface area contributed by atoms with Crippen molar-refractivity contribution in [2.45, 2.75) is 18.8 Å². The molecule has 1 aliphatic heterocycles. The van der Waals surface area contributed by atoms with Gasteiger partial charge >= 0.3 is 0 Å². The quantitative estimate of drug-likeness (QED) is 0.870. The van der Waals surface area contributed by atoms with Gasteiger partial charge in [-0.2, -0.15) is 0 Å². The number of aromatic nitrogens is 2. The van der Waals surface area contributed by atoms with Gasteiger partial charge in [-0.1, -0.05) is 11.6 Å². The Balaban J connectivity index is 0.000000902. The molecule has 3 rings (SSSR count). The third kappa shape index (κ3) is 3.16. The van der Waals surface area contributed by atoms with E-state index in [1.165, 1.54) is 18.5 Å². The summed E-state index contributed by atoms with van der Waals surface area (Å²) in [4.78, 5) is 4.41. The first kappa shape index (κ1) is 16.6. The zero-order chi connectivity index (χ0) is 11.8. The van der Waals surface area contributed by atoms with E-state index in [0.29, 0.717) is 10.9 Å². The molecule has 2 aromatic heterocycles. The lowest BCUT2D eigenvalue weighted by molar-refractivity contribution is 0.448. The fourth-order valence-corrected chi connectivity index (χ4v) is 2.87. The van der Waals surface area contributed by atoms with Crippen LogP contribution in [0.2, 0.25) is 5.02 Å². The minimum atomic E-state index is 0. The third-order valence-electron chi connectivity index (χ3n) is 3.59. The number of rotatable bonds is 1. The minimum absolute atomic E-state index is 0. The predicted molar refractivity (Wildman–Crippen MR) is 85.1 cm³/mol. The van der Waals surface area contributed by atoms with E-state index >= 15 is 0 Å². The van der Waals surface area contributed by atoms with Gasteiger partial charge in [-0.05, 0) is 31.5 Å². The topological polar surface area (TPSA) is 29.9 Å². The lowest BCUT2D eigenvalue weighted by Crippen LogP contribution is -2.29. The summed E-state index contributed by atoms with van der Waals surface area (Å²) in [6.07, 6.45) is 4.22. The molecule has 6 heteroatoms. The summed E-state index contributed by atoms with van der Waals surface area (Å²) in [5.74, 6) is 0.599. The zero-order valence-corrected chi connectivity index (χ0v) is 13.1. The summed E-state index contributed by atoms with van der Waals surface area (Å²) in [6, 6.07) is 4.22. The van der Waals surface area contributed by atoms with E-state index in [1.54, 1.807) is 6.20 Å². The maximum Gasteiger partial charge on any atom is 0.139 e. The number of fused-ring (bicyclic) bond motifs is 1. The van der Waals surface area contributed by atoms with Crippen molar-refractivity contribution in [3.63, 3.8) is 0 Å². The molecule has 3 heterocycles. The molecule has 1 saturated heterocycles. The molecule has 3 nitrogen and oxygen atoms in total. The molecule has 1 N–H and O–H groups in total. The molecule has 1 fully saturated rings. The van der Waals surface area contributed by atoms with Gasteiger partial charge in [-0.25, -0.2) is 4.98 Å². The average Bonchev–Trinajstić information content (AvgIpc) is 2.67. The number of aryl methyl sites for hydroxylation is 1. The Morgan fingerprint density at radius 1 is 1.37 bits per heavy atom. The number of nitrogens with zero attached hydrogens (tertiary/aromatic N) is 2. The minimum Gasteiger partial charge on any atom is -0.332 e. The Labute approximate surface area is 130 Å². The summed E-state index contributed by atoms with van der Waals surface area (Å²) < 4.78 is 2.20. The van der Waals surface area contributed by atoms with Crippen molar-refractivity contribution >= 4 is 47.4 Å². The highest BCUT2D eigenvalue weighted by Gasteiger charge is 2.19.